The lowest BCUT2D eigenvalue weighted by molar-refractivity contribution is -0.633. The van der Waals surface area contributed by atoms with Gasteiger partial charge in [-0.1, -0.05) is 121 Å². The third-order valence-corrected chi connectivity index (χ3v) is 11.1. The van der Waals surface area contributed by atoms with Crippen molar-refractivity contribution in [2.45, 2.75) is 0 Å². The summed E-state index contributed by atoms with van der Waals surface area (Å²) in [5.41, 5.74) is 10.8. The SMILES string of the molecule is C[n+]1c(-c2ccccc2)[nH]c2ccc(-c3ccc(-c4nc(-c5ccccc5)nc(-c5ccc(-c6ccc7sc8ccccc8c7c6)cc5)n4)cc3)cc21. The van der Waals surface area contributed by atoms with Crippen LogP contribution >= 0.6 is 11.3 Å². The second kappa shape index (κ2) is 12.8. The molecular formula is C47H32N5S+. The monoisotopic (exact) mass is 698 g/mol. The molecule has 0 bridgehead atoms. The summed E-state index contributed by atoms with van der Waals surface area (Å²) in [6.07, 6.45) is 0. The largest absolute Gasteiger partial charge is 0.287 e. The first-order valence-electron chi connectivity index (χ1n) is 17.7. The van der Waals surface area contributed by atoms with Crippen molar-refractivity contribution in [1.29, 1.82) is 0 Å². The normalized spacial score (nSPS) is 11.5. The fraction of sp³-hybridized carbons (Fsp3) is 0.0213. The van der Waals surface area contributed by atoms with Gasteiger partial charge in [0.25, 0.3) is 5.82 Å². The van der Waals surface area contributed by atoms with Crippen LogP contribution in [-0.4, -0.2) is 19.9 Å². The molecule has 0 aliphatic rings. The molecule has 7 aromatic carbocycles. The predicted octanol–water partition coefficient (Wildman–Crippen LogP) is 11.5. The van der Waals surface area contributed by atoms with Crippen LogP contribution in [0.5, 0.6) is 0 Å². The first kappa shape index (κ1) is 31.0. The first-order valence-corrected chi connectivity index (χ1v) is 18.5. The Morgan fingerprint density at radius 2 is 0.887 bits per heavy atom. The van der Waals surface area contributed by atoms with Crippen LogP contribution in [0.2, 0.25) is 0 Å². The van der Waals surface area contributed by atoms with E-state index >= 15 is 0 Å². The third-order valence-electron chi connectivity index (χ3n) is 9.99. The summed E-state index contributed by atoms with van der Waals surface area (Å²) in [5.74, 6) is 3.01. The lowest BCUT2D eigenvalue weighted by Gasteiger charge is -2.10. The zero-order valence-electron chi connectivity index (χ0n) is 28.9. The van der Waals surface area contributed by atoms with E-state index in [9.17, 15) is 0 Å². The molecule has 1 N–H and O–H groups in total. The quantitative estimate of drug-likeness (QED) is 0.176. The van der Waals surface area contributed by atoms with Gasteiger partial charge in [0.1, 0.15) is 0 Å². The zero-order chi connectivity index (χ0) is 35.3. The average molecular weight is 699 g/mol. The molecule has 10 rings (SSSR count). The average Bonchev–Trinajstić information content (AvgIpc) is 3.78. The summed E-state index contributed by atoms with van der Waals surface area (Å²) < 4.78 is 4.84. The molecule has 0 aliphatic heterocycles. The lowest BCUT2D eigenvalue weighted by atomic mass is 10.0. The van der Waals surface area contributed by atoms with Crippen molar-refractivity contribution in [3.63, 3.8) is 0 Å². The van der Waals surface area contributed by atoms with E-state index < -0.39 is 0 Å². The molecule has 3 aromatic heterocycles. The number of benzene rings is 7. The molecule has 250 valence electrons. The predicted molar refractivity (Wildman–Crippen MR) is 218 cm³/mol. The van der Waals surface area contributed by atoms with Crippen molar-refractivity contribution in [3.05, 3.63) is 170 Å². The Hall–Kier alpha value is -6.76. The third kappa shape index (κ3) is 5.66. The van der Waals surface area contributed by atoms with Crippen LogP contribution in [-0.2, 0) is 7.05 Å². The maximum atomic E-state index is 5.03. The smallest absolute Gasteiger partial charge is 0.236 e. The molecule has 0 saturated carbocycles. The van der Waals surface area contributed by atoms with Crippen LogP contribution in [0.15, 0.2) is 170 Å². The van der Waals surface area contributed by atoms with E-state index in [4.69, 9.17) is 15.0 Å². The van der Waals surface area contributed by atoms with Crippen molar-refractivity contribution >= 4 is 42.5 Å². The fourth-order valence-electron chi connectivity index (χ4n) is 7.17. The highest BCUT2D eigenvalue weighted by Crippen LogP contribution is 2.37. The van der Waals surface area contributed by atoms with E-state index in [1.165, 1.54) is 25.7 Å². The van der Waals surface area contributed by atoms with Crippen LogP contribution in [0.4, 0.5) is 0 Å². The number of nitrogens with zero attached hydrogens (tertiary/aromatic N) is 4. The molecule has 0 atom stereocenters. The Balaban J connectivity index is 0.989. The first-order chi connectivity index (χ1) is 26.1. The van der Waals surface area contributed by atoms with Gasteiger partial charge in [-0.15, -0.1) is 11.3 Å². The highest BCUT2D eigenvalue weighted by atomic mass is 32.1. The van der Waals surface area contributed by atoms with Gasteiger partial charge in [-0.2, -0.15) is 0 Å². The Bertz CT molecular complexity index is 2930. The van der Waals surface area contributed by atoms with Gasteiger partial charge in [0.05, 0.1) is 12.6 Å². The van der Waals surface area contributed by atoms with Gasteiger partial charge in [-0.05, 0) is 70.8 Å². The minimum atomic E-state index is 0.638. The summed E-state index contributed by atoms with van der Waals surface area (Å²) in [5, 5.41) is 2.60. The number of hydrogen-bond acceptors (Lipinski definition) is 4. The highest BCUT2D eigenvalue weighted by Gasteiger charge is 2.18. The summed E-state index contributed by atoms with van der Waals surface area (Å²) in [7, 11) is 2.11. The number of rotatable bonds is 6. The maximum Gasteiger partial charge on any atom is 0.287 e. The Kier molecular flexibility index (Phi) is 7.48. The van der Waals surface area contributed by atoms with Gasteiger partial charge in [-0.3, -0.25) is 0 Å². The Morgan fingerprint density at radius 3 is 1.53 bits per heavy atom. The molecule has 53 heavy (non-hydrogen) atoms. The number of hydrogen-bond donors (Lipinski definition) is 1. The Labute approximate surface area is 310 Å². The van der Waals surface area contributed by atoms with Gasteiger partial charge in [0, 0.05) is 36.9 Å². The standard InChI is InChI=1S/C47H31N5S/c1-52-41-29-37(24-26-40(41)48-47(52)35-12-6-3-7-13-35)31-18-22-34(23-19-31)46-50-44(32-10-4-2-5-11-32)49-45(51-46)33-20-16-30(17-21-33)36-25-27-43-39(28-36)38-14-8-9-15-42(38)53-43/h2-29H,1H3/p+1. The van der Waals surface area contributed by atoms with Gasteiger partial charge >= 0.3 is 0 Å². The number of H-pyrrole nitrogens is 1. The van der Waals surface area contributed by atoms with E-state index in [-0.39, 0.29) is 0 Å². The van der Waals surface area contributed by atoms with E-state index in [1.54, 1.807) is 0 Å². The van der Waals surface area contributed by atoms with Gasteiger partial charge in [0.2, 0.25) is 0 Å². The number of aromatic nitrogens is 5. The molecule has 3 heterocycles. The van der Waals surface area contributed by atoms with Gasteiger partial charge < -0.3 is 0 Å². The number of fused-ring (bicyclic) bond motifs is 4. The highest BCUT2D eigenvalue weighted by molar-refractivity contribution is 7.25. The molecule has 5 nitrogen and oxygen atoms in total. The number of aryl methyl sites for hydroxylation is 1. The van der Waals surface area contributed by atoms with E-state index in [0.29, 0.717) is 17.5 Å². The maximum absolute atomic E-state index is 5.03. The molecule has 0 spiro atoms. The molecule has 0 amide bonds. The molecule has 10 aromatic rings. The Morgan fingerprint density at radius 1 is 0.415 bits per heavy atom. The molecule has 0 fully saturated rings. The lowest BCUT2D eigenvalue weighted by Crippen LogP contribution is -2.29. The van der Waals surface area contributed by atoms with Crippen LogP contribution < -0.4 is 4.57 Å². The fourth-order valence-corrected chi connectivity index (χ4v) is 8.25. The number of aromatic amines is 1. The molecular weight excluding hydrogens is 667 g/mol. The van der Waals surface area contributed by atoms with Crippen molar-refractivity contribution < 1.29 is 4.57 Å². The van der Waals surface area contributed by atoms with Crippen LogP contribution in [0.25, 0.3) is 99.0 Å². The van der Waals surface area contributed by atoms with Crippen molar-refractivity contribution in [3.8, 4) is 67.8 Å². The molecule has 0 radical (unpaired) electrons. The molecule has 0 saturated heterocycles. The van der Waals surface area contributed by atoms with Crippen LogP contribution in [0, 0.1) is 0 Å². The second-order valence-electron chi connectivity index (χ2n) is 13.3. The minimum Gasteiger partial charge on any atom is -0.236 e. The molecule has 6 heteroatoms. The van der Waals surface area contributed by atoms with Crippen LogP contribution in [0.3, 0.4) is 0 Å². The van der Waals surface area contributed by atoms with E-state index in [1.807, 2.05) is 47.7 Å². The number of thiophene rings is 1. The molecule has 0 unspecified atom stereocenters. The summed E-state index contributed by atoms with van der Waals surface area (Å²) in [6, 6.07) is 59.5. The zero-order valence-corrected chi connectivity index (χ0v) is 29.7. The number of imidazole rings is 1. The summed E-state index contributed by atoms with van der Waals surface area (Å²) >= 11 is 1.84. The number of nitrogens with one attached hydrogen (secondary N) is 1. The second-order valence-corrected chi connectivity index (χ2v) is 14.4. The summed E-state index contributed by atoms with van der Waals surface area (Å²) in [4.78, 5) is 18.6. The molecule has 0 aliphatic carbocycles. The summed E-state index contributed by atoms with van der Waals surface area (Å²) in [6.45, 7) is 0. The van der Waals surface area contributed by atoms with E-state index in [2.05, 4.69) is 150 Å². The van der Waals surface area contributed by atoms with Crippen molar-refractivity contribution in [2.75, 3.05) is 0 Å². The van der Waals surface area contributed by atoms with Crippen molar-refractivity contribution in [2.24, 2.45) is 7.05 Å². The van der Waals surface area contributed by atoms with Gasteiger partial charge in [0.15, 0.2) is 28.5 Å². The van der Waals surface area contributed by atoms with Crippen LogP contribution in [0.1, 0.15) is 0 Å². The van der Waals surface area contributed by atoms with E-state index in [0.717, 1.165) is 55.8 Å². The van der Waals surface area contributed by atoms with Crippen molar-refractivity contribution in [1.82, 2.24) is 19.9 Å². The van der Waals surface area contributed by atoms with Gasteiger partial charge in [-0.25, -0.2) is 24.5 Å². The topological polar surface area (TPSA) is 58.3 Å². The minimum absolute atomic E-state index is 0.638.